The van der Waals surface area contributed by atoms with Gasteiger partial charge in [-0.3, -0.25) is 13.9 Å². The second-order valence-corrected chi connectivity index (χ2v) is 12.9. The van der Waals surface area contributed by atoms with Gasteiger partial charge >= 0.3 is 0 Å². The maximum atomic E-state index is 13.8. The van der Waals surface area contributed by atoms with Gasteiger partial charge in [-0.15, -0.1) is 0 Å². The highest BCUT2D eigenvalue weighted by Crippen LogP contribution is 2.42. The van der Waals surface area contributed by atoms with Crippen molar-refractivity contribution in [3.05, 3.63) is 102 Å². The van der Waals surface area contributed by atoms with Gasteiger partial charge in [0.1, 0.15) is 23.7 Å². The molecule has 9 nitrogen and oxygen atoms in total. The predicted octanol–water partition coefficient (Wildman–Crippen LogP) is 6.03. The number of para-hydroxylation sites is 1. The molecule has 2 heterocycles. The summed E-state index contributed by atoms with van der Waals surface area (Å²) in [4.78, 5) is 25.8. The van der Waals surface area contributed by atoms with Gasteiger partial charge < -0.3 is 19.6 Å². The minimum Gasteiger partial charge on any atom is -0.455 e. The van der Waals surface area contributed by atoms with E-state index in [0.29, 0.717) is 27.8 Å². The SMILES string of the molecule is CNC(=O)Cn1c(-c2cccc(-c3cc4c(C(=O)NC)c(-c5ccc(F)cc5)oc4cc3N(C)S(C)(=O)=O)c2)cc2ccccc21. The third-order valence-electron chi connectivity index (χ3n) is 8.06. The van der Waals surface area contributed by atoms with Crippen LogP contribution in [-0.2, 0) is 21.4 Å². The zero-order chi connectivity index (χ0) is 32.7. The fourth-order valence-corrected chi connectivity index (χ4v) is 6.15. The Morgan fingerprint density at radius 2 is 1.59 bits per heavy atom. The Morgan fingerprint density at radius 3 is 2.28 bits per heavy atom. The minimum absolute atomic E-state index is 0.105. The van der Waals surface area contributed by atoms with E-state index < -0.39 is 21.7 Å². The quantitative estimate of drug-likeness (QED) is 0.211. The molecular weight excluding hydrogens is 607 g/mol. The van der Waals surface area contributed by atoms with Crippen LogP contribution in [0.4, 0.5) is 10.1 Å². The molecule has 0 spiro atoms. The zero-order valence-corrected chi connectivity index (χ0v) is 26.4. The van der Waals surface area contributed by atoms with Crippen molar-refractivity contribution in [2.24, 2.45) is 0 Å². The van der Waals surface area contributed by atoms with Gasteiger partial charge in [-0.25, -0.2) is 12.8 Å². The third-order valence-corrected chi connectivity index (χ3v) is 9.26. The van der Waals surface area contributed by atoms with Crippen LogP contribution in [0.15, 0.2) is 95.4 Å². The van der Waals surface area contributed by atoms with Crippen LogP contribution in [0.1, 0.15) is 10.4 Å². The molecule has 0 saturated heterocycles. The molecule has 0 unspecified atom stereocenters. The molecule has 0 aliphatic heterocycles. The molecule has 0 aliphatic rings. The van der Waals surface area contributed by atoms with E-state index in [1.165, 1.54) is 38.4 Å². The number of anilines is 1. The number of rotatable bonds is 8. The van der Waals surface area contributed by atoms with Crippen molar-refractivity contribution in [1.82, 2.24) is 15.2 Å². The molecule has 0 atom stereocenters. The van der Waals surface area contributed by atoms with Gasteiger partial charge in [-0.05, 0) is 59.7 Å². The number of fused-ring (bicyclic) bond motifs is 2. The van der Waals surface area contributed by atoms with Crippen molar-refractivity contribution >= 4 is 49.4 Å². The fourth-order valence-electron chi connectivity index (χ4n) is 5.65. The number of carbonyl (C=O) groups excluding carboxylic acids is 2. The summed E-state index contributed by atoms with van der Waals surface area (Å²) in [6, 6.07) is 26.3. The first kappa shape index (κ1) is 30.6. The lowest BCUT2D eigenvalue weighted by molar-refractivity contribution is -0.121. The zero-order valence-electron chi connectivity index (χ0n) is 25.6. The van der Waals surface area contributed by atoms with Crippen molar-refractivity contribution in [3.63, 3.8) is 0 Å². The number of aromatic nitrogens is 1. The largest absolute Gasteiger partial charge is 0.455 e. The average Bonchev–Trinajstić information content (AvgIpc) is 3.61. The first-order chi connectivity index (χ1) is 22.0. The van der Waals surface area contributed by atoms with E-state index in [2.05, 4.69) is 10.6 Å². The smallest absolute Gasteiger partial charge is 0.255 e. The summed E-state index contributed by atoms with van der Waals surface area (Å²) >= 11 is 0. The lowest BCUT2D eigenvalue weighted by Gasteiger charge is -2.21. The normalized spacial score (nSPS) is 11.6. The van der Waals surface area contributed by atoms with E-state index in [1.54, 1.807) is 19.2 Å². The summed E-state index contributed by atoms with van der Waals surface area (Å²) in [6.07, 6.45) is 1.11. The van der Waals surface area contributed by atoms with Crippen LogP contribution in [0, 0.1) is 5.82 Å². The van der Waals surface area contributed by atoms with E-state index in [-0.39, 0.29) is 29.4 Å². The maximum Gasteiger partial charge on any atom is 0.255 e. The van der Waals surface area contributed by atoms with Crippen LogP contribution in [-0.4, -0.2) is 52.2 Å². The van der Waals surface area contributed by atoms with Gasteiger partial charge in [0.2, 0.25) is 15.9 Å². The number of benzene rings is 4. The number of hydrogen-bond donors (Lipinski definition) is 2. The van der Waals surface area contributed by atoms with Gasteiger partial charge in [0.15, 0.2) is 0 Å². The Hall–Kier alpha value is -5.42. The lowest BCUT2D eigenvalue weighted by Crippen LogP contribution is -2.25. The molecule has 2 N–H and O–H groups in total. The second kappa shape index (κ2) is 11.8. The molecule has 2 aromatic heterocycles. The lowest BCUT2D eigenvalue weighted by atomic mass is 9.96. The van der Waals surface area contributed by atoms with E-state index >= 15 is 0 Å². The molecular formula is C35H31FN4O5S. The number of carbonyl (C=O) groups is 2. The topological polar surface area (TPSA) is 114 Å². The van der Waals surface area contributed by atoms with E-state index in [1.807, 2.05) is 59.2 Å². The molecule has 0 saturated carbocycles. The summed E-state index contributed by atoms with van der Waals surface area (Å²) in [5.74, 6) is -0.775. The Bertz CT molecular complexity index is 2250. The average molecular weight is 639 g/mol. The third kappa shape index (κ3) is 5.49. The van der Waals surface area contributed by atoms with Crippen LogP contribution < -0.4 is 14.9 Å². The molecule has 0 fully saturated rings. The van der Waals surface area contributed by atoms with Gasteiger partial charge in [0.05, 0.1) is 17.5 Å². The number of hydrogen-bond acceptors (Lipinski definition) is 5. The van der Waals surface area contributed by atoms with Gasteiger partial charge in [-0.1, -0.05) is 36.4 Å². The molecule has 2 amide bonds. The number of likely N-dealkylation sites (N-methyl/N-ethyl adjacent to an activating group) is 1. The molecule has 11 heteroatoms. The predicted molar refractivity (Wildman–Crippen MR) is 179 cm³/mol. The second-order valence-electron chi connectivity index (χ2n) is 10.9. The maximum absolute atomic E-state index is 13.8. The number of sulfonamides is 1. The monoisotopic (exact) mass is 638 g/mol. The highest BCUT2D eigenvalue weighted by Gasteiger charge is 2.26. The van der Waals surface area contributed by atoms with Crippen LogP contribution in [0.25, 0.3) is 55.6 Å². The Labute approximate surface area is 265 Å². The highest BCUT2D eigenvalue weighted by atomic mass is 32.2. The molecule has 4 aromatic carbocycles. The Kier molecular flexibility index (Phi) is 7.87. The molecule has 46 heavy (non-hydrogen) atoms. The molecule has 6 aromatic rings. The number of furan rings is 1. The van der Waals surface area contributed by atoms with Crippen LogP contribution >= 0.6 is 0 Å². The van der Waals surface area contributed by atoms with Crippen molar-refractivity contribution in [1.29, 1.82) is 0 Å². The molecule has 0 radical (unpaired) electrons. The summed E-state index contributed by atoms with van der Waals surface area (Å²) < 4.78 is 48.7. The van der Waals surface area contributed by atoms with E-state index in [4.69, 9.17) is 4.42 Å². The number of amides is 2. The Morgan fingerprint density at radius 1 is 0.870 bits per heavy atom. The minimum atomic E-state index is -3.72. The number of nitrogens with zero attached hydrogens (tertiary/aromatic N) is 2. The van der Waals surface area contributed by atoms with E-state index in [9.17, 15) is 22.4 Å². The summed E-state index contributed by atoms with van der Waals surface area (Å²) in [5.41, 5.74) is 5.06. The Balaban J connectivity index is 1.61. The van der Waals surface area contributed by atoms with Gasteiger partial charge in [0, 0.05) is 60.3 Å². The van der Waals surface area contributed by atoms with Crippen molar-refractivity contribution < 1.29 is 26.8 Å². The summed E-state index contributed by atoms with van der Waals surface area (Å²) in [6.45, 7) is 0.105. The molecule has 0 bridgehead atoms. The van der Waals surface area contributed by atoms with Gasteiger partial charge in [0.25, 0.3) is 5.91 Å². The first-order valence-corrected chi connectivity index (χ1v) is 16.3. The molecule has 0 aliphatic carbocycles. The first-order valence-electron chi connectivity index (χ1n) is 14.4. The number of halogens is 1. The van der Waals surface area contributed by atoms with Crippen LogP contribution in [0.2, 0.25) is 0 Å². The van der Waals surface area contributed by atoms with Crippen molar-refractivity contribution in [2.45, 2.75) is 6.54 Å². The van der Waals surface area contributed by atoms with Crippen LogP contribution in [0.3, 0.4) is 0 Å². The fraction of sp³-hybridized carbons (Fsp3) is 0.143. The van der Waals surface area contributed by atoms with Gasteiger partial charge in [-0.2, -0.15) is 0 Å². The highest BCUT2D eigenvalue weighted by molar-refractivity contribution is 7.92. The van der Waals surface area contributed by atoms with Crippen LogP contribution in [0.5, 0.6) is 0 Å². The van der Waals surface area contributed by atoms with Crippen molar-refractivity contribution in [2.75, 3.05) is 31.7 Å². The summed E-state index contributed by atoms with van der Waals surface area (Å²) in [5, 5.41) is 6.77. The number of nitrogens with one attached hydrogen (secondary N) is 2. The standard InChI is InChI=1S/C35H31FN4O5S/c1-37-32(41)20-40-28-11-6-5-8-24(28)17-29(40)23-10-7-9-22(16-23)26-18-27-31(19-30(26)39(3)46(4,43)44)45-34(33(27)35(42)38-2)21-12-14-25(36)15-13-21/h5-19H,20H2,1-4H3,(H,37,41)(H,38,42). The summed E-state index contributed by atoms with van der Waals surface area (Å²) in [7, 11) is 0.832. The molecule has 6 rings (SSSR count). The van der Waals surface area contributed by atoms with E-state index in [0.717, 1.165) is 32.7 Å². The molecule has 234 valence electrons. The van der Waals surface area contributed by atoms with Crippen molar-refractivity contribution in [3.8, 4) is 33.7 Å².